The Morgan fingerprint density at radius 1 is 1.10 bits per heavy atom. The molecular formula is C20H15F3IN3O2. The fraction of sp³-hybridized carbons (Fsp3) is 0.100. The van der Waals surface area contributed by atoms with Gasteiger partial charge in [-0.25, -0.2) is 22.9 Å². The van der Waals surface area contributed by atoms with Gasteiger partial charge >= 0.3 is 5.97 Å². The van der Waals surface area contributed by atoms with Crippen molar-refractivity contribution in [2.45, 2.75) is 6.42 Å². The summed E-state index contributed by atoms with van der Waals surface area (Å²) in [5.41, 5.74) is 5.68. The van der Waals surface area contributed by atoms with Crippen LogP contribution in [-0.2, 0) is 11.2 Å². The predicted molar refractivity (Wildman–Crippen MR) is 112 cm³/mol. The number of rotatable bonds is 5. The zero-order chi connectivity index (χ0) is 21.1. The summed E-state index contributed by atoms with van der Waals surface area (Å²) in [6.45, 7) is 0. The average molecular weight is 513 g/mol. The minimum atomic E-state index is -0.755. The van der Waals surface area contributed by atoms with Crippen LogP contribution >= 0.6 is 22.6 Å². The van der Waals surface area contributed by atoms with E-state index in [9.17, 15) is 18.0 Å². The molecular weight excluding hydrogens is 498 g/mol. The fourth-order valence-corrected chi connectivity index (χ4v) is 3.17. The van der Waals surface area contributed by atoms with E-state index >= 15 is 0 Å². The van der Waals surface area contributed by atoms with Crippen LogP contribution in [0.4, 0.5) is 30.4 Å². The molecule has 3 aromatic rings. The highest BCUT2D eigenvalue weighted by molar-refractivity contribution is 14.1. The number of aromatic nitrogens is 1. The second kappa shape index (κ2) is 8.68. The van der Waals surface area contributed by atoms with Crippen molar-refractivity contribution < 1.29 is 22.7 Å². The van der Waals surface area contributed by atoms with Crippen molar-refractivity contribution in [1.29, 1.82) is 0 Å². The van der Waals surface area contributed by atoms with Gasteiger partial charge in [0.25, 0.3) is 0 Å². The Labute approximate surface area is 178 Å². The standard InChI is InChI=1S/C20H15F3IN3O2/c1-29-20(28)13-7-11(6-10-4-5-26-19(25)18(10)23)14(21)9-17(13)27-16-3-2-12(24)8-15(16)22/h2-5,7-9,27H,6H2,1H3,(H2,25,26). The Kier molecular flexibility index (Phi) is 6.26. The van der Waals surface area contributed by atoms with Crippen LogP contribution in [0.5, 0.6) is 0 Å². The first-order valence-electron chi connectivity index (χ1n) is 8.31. The number of anilines is 3. The zero-order valence-corrected chi connectivity index (χ0v) is 17.3. The summed E-state index contributed by atoms with van der Waals surface area (Å²) in [4.78, 5) is 15.8. The number of pyridine rings is 1. The van der Waals surface area contributed by atoms with Crippen LogP contribution in [0.1, 0.15) is 21.5 Å². The van der Waals surface area contributed by atoms with E-state index in [0.29, 0.717) is 3.57 Å². The zero-order valence-electron chi connectivity index (χ0n) is 15.1. The third kappa shape index (κ3) is 4.61. The quantitative estimate of drug-likeness (QED) is 0.379. The number of esters is 1. The maximum Gasteiger partial charge on any atom is 0.339 e. The minimum absolute atomic E-state index is 0.0212. The molecule has 0 radical (unpaired) electrons. The number of nitrogen functional groups attached to an aromatic ring is 1. The van der Waals surface area contributed by atoms with Crippen LogP contribution < -0.4 is 11.1 Å². The van der Waals surface area contributed by atoms with Crippen LogP contribution in [0, 0.1) is 21.0 Å². The number of hydrogen-bond donors (Lipinski definition) is 2. The van der Waals surface area contributed by atoms with Crippen molar-refractivity contribution in [1.82, 2.24) is 4.98 Å². The lowest BCUT2D eigenvalue weighted by atomic mass is 10.0. The molecule has 0 aliphatic heterocycles. The lowest BCUT2D eigenvalue weighted by Gasteiger charge is -2.15. The number of nitrogens with one attached hydrogen (secondary N) is 1. The Morgan fingerprint density at radius 3 is 2.55 bits per heavy atom. The molecule has 1 heterocycles. The summed E-state index contributed by atoms with van der Waals surface area (Å²) in [6.07, 6.45) is 1.15. The molecule has 0 unspecified atom stereocenters. The number of halogens is 4. The smallest absolute Gasteiger partial charge is 0.339 e. The Morgan fingerprint density at radius 2 is 1.86 bits per heavy atom. The van der Waals surface area contributed by atoms with Gasteiger partial charge in [-0.1, -0.05) is 0 Å². The fourth-order valence-electron chi connectivity index (χ4n) is 2.72. The van der Waals surface area contributed by atoms with E-state index in [1.54, 1.807) is 6.07 Å². The van der Waals surface area contributed by atoms with Gasteiger partial charge in [0.05, 0.1) is 24.0 Å². The molecule has 9 heteroatoms. The van der Waals surface area contributed by atoms with Crippen molar-refractivity contribution in [3.63, 3.8) is 0 Å². The molecule has 0 spiro atoms. The van der Waals surface area contributed by atoms with E-state index in [0.717, 1.165) is 6.07 Å². The van der Waals surface area contributed by atoms with E-state index in [2.05, 4.69) is 10.3 Å². The van der Waals surface area contributed by atoms with Gasteiger partial charge in [0.1, 0.15) is 11.6 Å². The van der Waals surface area contributed by atoms with Crippen LogP contribution in [0.25, 0.3) is 0 Å². The SMILES string of the molecule is COC(=O)c1cc(Cc2ccnc(N)c2F)c(F)cc1Nc1ccc(I)cc1F. The summed E-state index contributed by atoms with van der Waals surface area (Å²) in [7, 11) is 1.17. The van der Waals surface area contributed by atoms with Crippen molar-refractivity contribution in [2.24, 2.45) is 0 Å². The molecule has 0 bridgehead atoms. The van der Waals surface area contributed by atoms with Gasteiger partial charge < -0.3 is 15.8 Å². The van der Waals surface area contributed by atoms with Crippen LogP contribution in [0.15, 0.2) is 42.6 Å². The number of nitrogens with zero attached hydrogens (tertiary/aromatic N) is 1. The number of benzene rings is 2. The molecule has 0 saturated heterocycles. The number of ether oxygens (including phenoxy) is 1. The highest BCUT2D eigenvalue weighted by Crippen LogP contribution is 2.29. The highest BCUT2D eigenvalue weighted by Gasteiger charge is 2.19. The molecule has 1 aromatic heterocycles. The van der Waals surface area contributed by atoms with Gasteiger partial charge in [0, 0.05) is 16.2 Å². The Bertz CT molecular complexity index is 1090. The Balaban J connectivity index is 2.03. The normalized spacial score (nSPS) is 10.7. The average Bonchev–Trinajstić information content (AvgIpc) is 2.68. The van der Waals surface area contributed by atoms with E-state index in [1.165, 1.54) is 37.6 Å². The molecule has 3 rings (SSSR count). The molecule has 5 nitrogen and oxygen atoms in total. The van der Waals surface area contributed by atoms with E-state index < -0.39 is 23.4 Å². The summed E-state index contributed by atoms with van der Waals surface area (Å²) in [6, 6.07) is 8.08. The largest absolute Gasteiger partial charge is 0.465 e. The minimum Gasteiger partial charge on any atom is -0.465 e. The molecule has 0 amide bonds. The molecule has 0 aliphatic rings. The number of carbonyl (C=O) groups excluding carboxylic acids is 1. The molecule has 0 aliphatic carbocycles. The molecule has 3 N–H and O–H groups in total. The van der Waals surface area contributed by atoms with Crippen molar-refractivity contribution in [3.8, 4) is 0 Å². The van der Waals surface area contributed by atoms with Crippen LogP contribution in [-0.4, -0.2) is 18.1 Å². The molecule has 0 saturated carbocycles. The monoisotopic (exact) mass is 513 g/mol. The summed E-state index contributed by atoms with van der Waals surface area (Å²) < 4.78 is 48.5. The molecule has 0 atom stereocenters. The molecule has 150 valence electrons. The number of nitrogens with two attached hydrogens (primary N) is 1. The Hall–Kier alpha value is -2.82. The van der Waals surface area contributed by atoms with Crippen molar-refractivity contribution >= 4 is 45.8 Å². The van der Waals surface area contributed by atoms with Crippen molar-refractivity contribution in [3.05, 3.63) is 80.3 Å². The van der Waals surface area contributed by atoms with Gasteiger partial charge in [0.15, 0.2) is 11.6 Å². The summed E-state index contributed by atoms with van der Waals surface area (Å²) >= 11 is 1.96. The first-order valence-corrected chi connectivity index (χ1v) is 9.39. The van der Waals surface area contributed by atoms with Gasteiger partial charge in [-0.05, 0) is 70.1 Å². The van der Waals surface area contributed by atoms with E-state index in [-0.39, 0.29) is 40.3 Å². The summed E-state index contributed by atoms with van der Waals surface area (Å²) in [5.74, 6) is -3.08. The van der Waals surface area contributed by atoms with Gasteiger partial charge in [-0.3, -0.25) is 0 Å². The molecule has 2 aromatic carbocycles. The second-order valence-corrected chi connectivity index (χ2v) is 7.32. The lowest BCUT2D eigenvalue weighted by molar-refractivity contribution is 0.0601. The third-order valence-electron chi connectivity index (χ3n) is 4.17. The van der Waals surface area contributed by atoms with E-state index in [1.807, 2.05) is 22.6 Å². The van der Waals surface area contributed by atoms with Crippen LogP contribution in [0.2, 0.25) is 0 Å². The maximum absolute atomic E-state index is 14.7. The van der Waals surface area contributed by atoms with Crippen LogP contribution in [0.3, 0.4) is 0 Å². The predicted octanol–water partition coefficient (Wildman–Crippen LogP) is 4.81. The van der Waals surface area contributed by atoms with E-state index in [4.69, 9.17) is 10.5 Å². The van der Waals surface area contributed by atoms with Gasteiger partial charge in [0.2, 0.25) is 0 Å². The van der Waals surface area contributed by atoms with Gasteiger partial charge in [-0.2, -0.15) is 0 Å². The van der Waals surface area contributed by atoms with Crippen molar-refractivity contribution in [2.75, 3.05) is 18.2 Å². The summed E-state index contributed by atoms with van der Waals surface area (Å²) in [5, 5.41) is 2.71. The number of methoxy groups -OCH3 is 1. The highest BCUT2D eigenvalue weighted by atomic mass is 127. The number of hydrogen-bond acceptors (Lipinski definition) is 5. The molecule has 29 heavy (non-hydrogen) atoms. The maximum atomic E-state index is 14.7. The first-order chi connectivity index (χ1) is 13.8. The molecule has 0 fully saturated rings. The third-order valence-corrected chi connectivity index (χ3v) is 4.84. The second-order valence-electron chi connectivity index (χ2n) is 6.08. The topological polar surface area (TPSA) is 77.2 Å². The lowest BCUT2D eigenvalue weighted by Crippen LogP contribution is -2.09. The first kappa shape index (κ1) is 20.9. The number of carbonyl (C=O) groups is 1. The van der Waals surface area contributed by atoms with Gasteiger partial charge in [-0.15, -0.1) is 0 Å².